The van der Waals surface area contributed by atoms with Gasteiger partial charge >= 0.3 is 0 Å². The second-order valence-corrected chi connectivity index (χ2v) is 15.7. The van der Waals surface area contributed by atoms with Gasteiger partial charge in [-0.2, -0.15) is 0 Å². The molecule has 2 aromatic rings. The first-order chi connectivity index (χ1) is 22.7. The molecular formula is C44H68Cl2O. The van der Waals surface area contributed by atoms with Gasteiger partial charge in [-0.05, 0) is 37.8 Å². The minimum Gasteiger partial charge on any atom is -0.380 e. The first-order valence-corrected chi connectivity index (χ1v) is 19.8. The number of hydrogen-bond donors (Lipinski definition) is 0. The molecule has 0 amide bonds. The van der Waals surface area contributed by atoms with Gasteiger partial charge in [0.25, 0.3) is 0 Å². The lowest BCUT2D eigenvalue weighted by Crippen LogP contribution is -2.45. The summed E-state index contributed by atoms with van der Waals surface area (Å²) in [7, 11) is 0. The van der Waals surface area contributed by atoms with E-state index >= 15 is 0 Å². The molecule has 47 heavy (non-hydrogen) atoms. The van der Waals surface area contributed by atoms with Gasteiger partial charge in [0.05, 0.1) is 23.0 Å². The zero-order valence-corrected chi connectivity index (χ0v) is 32.5. The molecule has 0 fully saturated rings. The Morgan fingerprint density at radius 2 is 0.830 bits per heavy atom. The standard InChI is InChI=1S/C44H68Cl2O/c1-7-11-13-15-17-19-27-35-43(45,39-29-23-21-24-30-39)41(5,33-9-3)37-47-38-42(6,34-10-4)44(46,40-31-25-22-26-32-40)36-28-20-18-16-14-12-8-2/h9-10,21-26,29-34H,7-8,11-20,27-28,35-38H2,1-6H3. The molecule has 0 bridgehead atoms. The summed E-state index contributed by atoms with van der Waals surface area (Å²) in [6.07, 6.45) is 28.4. The Bertz CT molecular complexity index is 1040. The summed E-state index contributed by atoms with van der Waals surface area (Å²) >= 11 is 15.7. The highest BCUT2D eigenvalue weighted by molar-refractivity contribution is 6.25. The van der Waals surface area contributed by atoms with Gasteiger partial charge in [-0.1, -0.05) is 203 Å². The Hall–Kier alpha value is -1.54. The molecule has 0 saturated heterocycles. The molecule has 0 spiro atoms. The summed E-state index contributed by atoms with van der Waals surface area (Å²) in [5, 5.41) is 0. The number of benzene rings is 2. The van der Waals surface area contributed by atoms with Gasteiger partial charge in [0.1, 0.15) is 0 Å². The summed E-state index contributed by atoms with van der Waals surface area (Å²) in [5.41, 5.74) is 1.51. The number of allylic oxidation sites excluding steroid dienone is 2. The van der Waals surface area contributed by atoms with Crippen LogP contribution in [-0.4, -0.2) is 13.2 Å². The molecule has 0 radical (unpaired) electrons. The molecule has 264 valence electrons. The summed E-state index contributed by atoms with van der Waals surface area (Å²) in [4.78, 5) is -1.17. The van der Waals surface area contributed by atoms with Crippen molar-refractivity contribution in [2.75, 3.05) is 13.2 Å². The maximum absolute atomic E-state index is 7.87. The topological polar surface area (TPSA) is 9.23 Å². The summed E-state index contributed by atoms with van der Waals surface area (Å²) < 4.78 is 6.88. The molecule has 0 aliphatic rings. The van der Waals surface area contributed by atoms with E-state index < -0.39 is 20.6 Å². The highest BCUT2D eigenvalue weighted by Gasteiger charge is 2.49. The van der Waals surface area contributed by atoms with E-state index in [1.807, 2.05) is 0 Å². The molecule has 0 heterocycles. The Labute approximate surface area is 301 Å². The fourth-order valence-corrected chi connectivity index (χ4v) is 8.13. The van der Waals surface area contributed by atoms with Crippen LogP contribution < -0.4 is 0 Å². The van der Waals surface area contributed by atoms with Crippen LogP contribution in [0, 0.1) is 10.8 Å². The van der Waals surface area contributed by atoms with Crippen LogP contribution in [0.2, 0.25) is 0 Å². The maximum atomic E-state index is 7.87. The lowest BCUT2D eigenvalue weighted by molar-refractivity contribution is 0.00174. The third kappa shape index (κ3) is 12.4. The van der Waals surface area contributed by atoms with Crippen LogP contribution in [0.25, 0.3) is 0 Å². The fraction of sp³-hybridized carbons (Fsp3) is 0.636. The monoisotopic (exact) mass is 682 g/mol. The van der Waals surface area contributed by atoms with Crippen molar-refractivity contribution in [3.63, 3.8) is 0 Å². The van der Waals surface area contributed by atoms with Gasteiger partial charge in [-0.15, -0.1) is 23.2 Å². The molecule has 1 nitrogen and oxygen atoms in total. The zero-order chi connectivity index (χ0) is 34.5. The van der Waals surface area contributed by atoms with E-state index in [2.05, 4.69) is 127 Å². The molecule has 4 atom stereocenters. The van der Waals surface area contributed by atoms with Gasteiger partial charge in [0.15, 0.2) is 0 Å². The Kier molecular flexibility index (Phi) is 19.7. The van der Waals surface area contributed by atoms with Gasteiger partial charge in [-0.25, -0.2) is 0 Å². The van der Waals surface area contributed by atoms with Crippen LogP contribution in [0.1, 0.15) is 155 Å². The van der Waals surface area contributed by atoms with Crippen LogP contribution in [0.15, 0.2) is 85.0 Å². The molecule has 2 aromatic carbocycles. The van der Waals surface area contributed by atoms with E-state index in [9.17, 15) is 0 Å². The summed E-state index contributed by atoms with van der Waals surface area (Å²) in [6.45, 7) is 14.3. The second-order valence-electron chi connectivity index (χ2n) is 14.4. The number of rotatable bonds is 26. The average molecular weight is 684 g/mol. The molecule has 0 saturated carbocycles. The zero-order valence-electron chi connectivity index (χ0n) is 31.0. The first-order valence-electron chi connectivity index (χ1n) is 19.0. The van der Waals surface area contributed by atoms with E-state index in [0.717, 1.165) is 25.7 Å². The van der Waals surface area contributed by atoms with Crippen molar-refractivity contribution in [3.05, 3.63) is 96.1 Å². The van der Waals surface area contributed by atoms with Crippen LogP contribution >= 0.6 is 23.2 Å². The van der Waals surface area contributed by atoms with Crippen molar-refractivity contribution in [2.45, 2.75) is 154 Å². The number of ether oxygens (including phenoxy) is 1. The number of unbranched alkanes of at least 4 members (excludes halogenated alkanes) is 12. The normalized spacial score (nSPS) is 17.4. The number of hydrogen-bond acceptors (Lipinski definition) is 1. The lowest BCUT2D eigenvalue weighted by Gasteiger charge is -2.46. The van der Waals surface area contributed by atoms with Crippen LogP contribution in [0.4, 0.5) is 0 Å². The molecular weight excluding hydrogens is 615 g/mol. The van der Waals surface area contributed by atoms with Crippen molar-refractivity contribution in [2.24, 2.45) is 10.8 Å². The largest absolute Gasteiger partial charge is 0.380 e. The molecule has 3 heteroatoms. The Morgan fingerprint density at radius 3 is 1.15 bits per heavy atom. The highest BCUT2D eigenvalue weighted by Crippen LogP contribution is 2.53. The van der Waals surface area contributed by atoms with Gasteiger partial charge in [-0.3, -0.25) is 0 Å². The quantitative estimate of drug-likeness (QED) is 0.0545. The first kappa shape index (κ1) is 41.6. The van der Waals surface area contributed by atoms with Gasteiger partial charge in [0.2, 0.25) is 0 Å². The van der Waals surface area contributed by atoms with Crippen LogP contribution in [-0.2, 0) is 14.5 Å². The molecule has 0 aromatic heterocycles. The van der Waals surface area contributed by atoms with E-state index in [1.54, 1.807) is 0 Å². The second kappa shape index (κ2) is 22.2. The van der Waals surface area contributed by atoms with E-state index in [1.165, 1.54) is 88.2 Å². The van der Waals surface area contributed by atoms with E-state index in [0.29, 0.717) is 13.2 Å². The predicted octanol–water partition coefficient (Wildman–Crippen LogP) is 14.7. The predicted molar refractivity (Wildman–Crippen MR) is 210 cm³/mol. The fourth-order valence-electron chi connectivity index (χ4n) is 7.38. The van der Waals surface area contributed by atoms with E-state index in [4.69, 9.17) is 27.9 Å². The Morgan fingerprint density at radius 1 is 0.511 bits per heavy atom. The van der Waals surface area contributed by atoms with Crippen molar-refractivity contribution in [3.8, 4) is 0 Å². The highest BCUT2D eigenvalue weighted by atomic mass is 35.5. The van der Waals surface area contributed by atoms with Crippen LogP contribution in [0.3, 0.4) is 0 Å². The average Bonchev–Trinajstić information content (AvgIpc) is 3.08. The van der Waals surface area contributed by atoms with Crippen molar-refractivity contribution < 1.29 is 4.74 Å². The molecule has 0 aliphatic carbocycles. The minimum absolute atomic E-state index is 0.413. The third-order valence-corrected chi connectivity index (χ3v) is 12.1. The van der Waals surface area contributed by atoms with Crippen molar-refractivity contribution in [1.82, 2.24) is 0 Å². The SMILES string of the molecule is CC=CC(C)(COCC(C)(C=CC)C(Cl)(CCCCCCCCC)c1ccccc1)C(Cl)(CCCCCCCCC)c1ccccc1. The minimum atomic E-state index is -0.587. The number of halogens is 2. The Balaban J connectivity index is 2.31. The summed E-state index contributed by atoms with van der Waals surface area (Å²) in [5.74, 6) is 0. The van der Waals surface area contributed by atoms with Gasteiger partial charge < -0.3 is 4.74 Å². The molecule has 0 aliphatic heterocycles. The summed E-state index contributed by atoms with van der Waals surface area (Å²) in [6, 6.07) is 21.4. The smallest absolute Gasteiger partial charge is 0.0804 e. The maximum Gasteiger partial charge on any atom is 0.0804 e. The van der Waals surface area contributed by atoms with Crippen molar-refractivity contribution >= 4 is 23.2 Å². The van der Waals surface area contributed by atoms with Crippen molar-refractivity contribution in [1.29, 1.82) is 0 Å². The molecule has 0 N–H and O–H groups in total. The lowest BCUT2D eigenvalue weighted by atomic mass is 9.69. The van der Waals surface area contributed by atoms with E-state index in [-0.39, 0.29) is 0 Å². The van der Waals surface area contributed by atoms with Crippen LogP contribution in [0.5, 0.6) is 0 Å². The number of alkyl halides is 2. The van der Waals surface area contributed by atoms with Gasteiger partial charge in [0, 0.05) is 10.8 Å². The molecule has 4 unspecified atom stereocenters. The molecule has 2 rings (SSSR count). The third-order valence-electron chi connectivity index (χ3n) is 10.4.